The molecule has 7 heteroatoms. The smallest absolute Gasteiger partial charge is 0.323 e. The van der Waals surface area contributed by atoms with Crippen LogP contribution < -0.4 is 15.4 Å². The third-order valence-electron chi connectivity index (χ3n) is 2.42. The molecule has 0 saturated heterocycles. The second-order valence-corrected chi connectivity index (χ2v) is 4.87. The standard InChI is InChI=1S/C12H23N5O2/c1-7(2)9(18)6-14-11-15-10(13-5)16-12(17-11)19-8(3)4/h7-9,18H,6H2,1-5H3,(H2,13,14,15,16,17). The van der Waals surface area contributed by atoms with Crippen molar-refractivity contribution in [3.8, 4) is 6.01 Å². The average Bonchev–Trinajstić information content (AvgIpc) is 2.34. The molecule has 1 aromatic heterocycles. The summed E-state index contributed by atoms with van der Waals surface area (Å²) in [4.78, 5) is 12.4. The van der Waals surface area contributed by atoms with E-state index in [1.54, 1.807) is 7.05 Å². The Hall–Kier alpha value is -1.63. The lowest BCUT2D eigenvalue weighted by Crippen LogP contribution is -2.25. The lowest BCUT2D eigenvalue weighted by atomic mass is 10.1. The third-order valence-corrected chi connectivity index (χ3v) is 2.42. The number of hydrogen-bond acceptors (Lipinski definition) is 7. The zero-order valence-corrected chi connectivity index (χ0v) is 12.1. The van der Waals surface area contributed by atoms with Gasteiger partial charge in [0.05, 0.1) is 12.2 Å². The Morgan fingerprint density at radius 3 is 2.26 bits per heavy atom. The summed E-state index contributed by atoms with van der Waals surface area (Å²) in [5.74, 6) is 0.978. The van der Waals surface area contributed by atoms with Gasteiger partial charge < -0.3 is 20.5 Å². The normalized spacial score (nSPS) is 12.6. The van der Waals surface area contributed by atoms with Crippen molar-refractivity contribution in [1.29, 1.82) is 0 Å². The molecular weight excluding hydrogens is 246 g/mol. The molecule has 7 nitrogen and oxygen atoms in total. The van der Waals surface area contributed by atoms with E-state index in [0.29, 0.717) is 18.4 Å². The minimum atomic E-state index is -0.454. The van der Waals surface area contributed by atoms with E-state index in [0.717, 1.165) is 0 Å². The molecule has 0 saturated carbocycles. The second-order valence-electron chi connectivity index (χ2n) is 4.87. The van der Waals surface area contributed by atoms with Crippen molar-refractivity contribution >= 4 is 11.9 Å². The van der Waals surface area contributed by atoms with Crippen LogP contribution in [0.25, 0.3) is 0 Å². The molecule has 0 aliphatic heterocycles. The van der Waals surface area contributed by atoms with Gasteiger partial charge in [0, 0.05) is 13.6 Å². The van der Waals surface area contributed by atoms with Crippen molar-refractivity contribution in [2.45, 2.75) is 39.9 Å². The number of ether oxygens (including phenoxy) is 1. The van der Waals surface area contributed by atoms with Crippen LogP contribution in [0.3, 0.4) is 0 Å². The Balaban J connectivity index is 2.76. The molecule has 0 radical (unpaired) electrons. The molecule has 0 bridgehead atoms. The summed E-state index contributed by atoms with van der Waals surface area (Å²) in [6, 6.07) is 0.260. The van der Waals surface area contributed by atoms with E-state index in [1.807, 2.05) is 27.7 Å². The Bertz CT molecular complexity index is 398. The van der Waals surface area contributed by atoms with Crippen LogP contribution in [0, 0.1) is 5.92 Å². The number of rotatable bonds is 7. The van der Waals surface area contributed by atoms with Gasteiger partial charge in [0.15, 0.2) is 0 Å². The van der Waals surface area contributed by atoms with Crippen LogP contribution >= 0.6 is 0 Å². The van der Waals surface area contributed by atoms with E-state index in [-0.39, 0.29) is 18.0 Å². The molecule has 3 N–H and O–H groups in total. The largest absolute Gasteiger partial charge is 0.461 e. The van der Waals surface area contributed by atoms with Crippen molar-refractivity contribution in [3.05, 3.63) is 0 Å². The van der Waals surface area contributed by atoms with Crippen molar-refractivity contribution in [3.63, 3.8) is 0 Å². The van der Waals surface area contributed by atoms with Crippen LogP contribution in [0.1, 0.15) is 27.7 Å². The highest BCUT2D eigenvalue weighted by molar-refractivity contribution is 5.35. The van der Waals surface area contributed by atoms with Crippen molar-refractivity contribution < 1.29 is 9.84 Å². The number of nitrogens with zero attached hydrogens (tertiary/aromatic N) is 3. The van der Waals surface area contributed by atoms with Crippen LogP contribution in [-0.4, -0.2) is 45.9 Å². The SMILES string of the molecule is CNc1nc(NCC(O)C(C)C)nc(OC(C)C)n1. The molecule has 0 fully saturated rings. The average molecular weight is 269 g/mol. The topological polar surface area (TPSA) is 92.2 Å². The summed E-state index contributed by atoms with van der Waals surface area (Å²) in [7, 11) is 1.72. The second kappa shape index (κ2) is 7.08. The first-order valence-corrected chi connectivity index (χ1v) is 6.44. The zero-order valence-electron chi connectivity index (χ0n) is 12.1. The van der Waals surface area contributed by atoms with Gasteiger partial charge >= 0.3 is 6.01 Å². The van der Waals surface area contributed by atoms with Gasteiger partial charge in [-0.2, -0.15) is 15.0 Å². The van der Waals surface area contributed by atoms with E-state index < -0.39 is 6.10 Å². The van der Waals surface area contributed by atoms with E-state index in [2.05, 4.69) is 25.6 Å². The van der Waals surface area contributed by atoms with Gasteiger partial charge in [0.25, 0.3) is 0 Å². The van der Waals surface area contributed by atoms with Gasteiger partial charge in [-0.15, -0.1) is 0 Å². The first kappa shape index (κ1) is 15.4. The van der Waals surface area contributed by atoms with Gasteiger partial charge in [0.2, 0.25) is 11.9 Å². The highest BCUT2D eigenvalue weighted by Crippen LogP contribution is 2.12. The molecule has 1 heterocycles. The Morgan fingerprint density at radius 2 is 1.74 bits per heavy atom. The molecule has 19 heavy (non-hydrogen) atoms. The molecule has 0 amide bonds. The number of hydrogen-bond donors (Lipinski definition) is 3. The Morgan fingerprint density at radius 1 is 1.11 bits per heavy atom. The molecule has 108 valence electrons. The quantitative estimate of drug-likeness (QED) is 0.683. The highest BCUT2D eigenvalue weighted by Gasteiger charge is 2.12. The molecule has 0 aromatic carbocycles. The summed E-state index contributed by atoms with van der Waals surface area (Å²) in [5, 5.41) is 15.6. The molecule has 0 aliphatic carbocycles. The molecular formula is C12H23N5O2. The lowest BCUT2D eigenvalue weighted by Gasteiger charge is -2.16. The van der Waals surface area contributed by atoms with Crippen molar-refractivity contribution in [2.24, 2.45) is 5.92 Å². The minimum absolute atomic E-state index is 0.0128. The third kappa shape index (κ3) is 5.25. The fourth-order valence-corrected chi connectivity index (χ4v) is 1.24. The molecule has 0 spiro atoms. The maximum Gasteiger partial charge on any atom is 0.323 e. The van der Waals surface area contributed by atoms with Gasteiger partial charge in [-0.1, -0.05) is 13.8 Å². The minimum Gasteiger partial charge on any atom is -0.461 e. The molecule has 0 aliphatic rings. The summed E-state index contributed by atoms with van der Waals surface area (Å²) < 4.78 is 5.45. The summed E-state index contributed by atoms with van der Waals surface area (Å²) in [5.41, 5.74) is 0. The molecule has 1 rings (SSSR count). The number of anilines is 2. The van der Waals surface area contributed by atoms with Crippen LogP contribution in [0.2, 0.25) is 0 Å². The monoisotopic (exact) mass is 269 g/mol. The van der Waals surface area contributed by atoms with E-state index >= 15 is 0 Å². The fourth-order valence-electron chi connectivity index (χ4n) is 1.24. The predicted octanol–water partition coefficient (Wildman–Crippen LogP) is 1.13. The maximum absolute atomic E-state index is 9.75. The van der Waals surface area contributed by atoms with Crippen LogP contribution in [0.15, 0.2) is 0 Å². The molecule has 1 unspecified atom stereocenters. The number of nitrogens with one attached hydrogen (secondary N) is 2. The number of aliphatic hydroxyl groups is 1. The Labute approximate surface area is 113 Å². The first-order chi connectivity index (χ1) is 8.92. The number of aromatic nitrogens is 3. The maximum atomic E-state index is 9.75. The van der Waals surface area contributed by atoms with Crippen molar-refractivity contribution in [1.82, 2.24) is 15.0 Å². The van der Waals surface area contributed by atoms with Gasteiger partial charge in [0.1, 0.15) is 0 Å². The summed E-state index contributed by atoms with van der Waals surface area (Å²) >= 11 is 0. The van der Waals surface area contributed by atoms with Crippen LogP contribution in [0.5, 0.6) is 6.01 Å². The Kier molecular flexibility index (Phi) is 5.75. The van der Waals surface area contributed by atoms with Crippen LogP contribution in [0.4, 0.5) is 11.9 Å². The van der Waals surface area contributed by atoms with E-state index in [1.165, 1.54) is 0 Å². The lowest BCUT2D eigenvalue weighted by molar-refractivity contribution is 0.137. The van der Waals surface area contributed by atoms with Gasteiger partial charge in [-0.25, -0.2) is 0 Å². The van der Waals surface area contributed by atoms with Gasteiger partial charge in [-0.3, -0.25) is 0 Å². The highest BCUT2D eigenvalue weighted by atomic mass is 16.5. The first-order valence-electron chi connectivity index (χ1n) is 6.44. The summed E-state index contributed by atoms with van der Waals surface area (Å²) in [6.07, 6.45) is -0.467. The number of aliphatic hydroxyl groups excluding tert-OH is 1. The van der Waals surface area contributed by atoms with Crippen LogP contribution in [-0.2, 0) is 0 Å². The fraction of sp³-hybridized carbons (Fsp3) is 0.750. The summed E-state index contributed by atoms with van der Waals surface area (Å²) in [6.45, 7) is 8.08. The molecule has 1 atom stereocenters. The van der Waals surface area contributed by atoms with Gasteiger partial charge in [-0.05, 0) is 19.8 Å². The predicted molar refractivity (Wildman–Crippen MR) is 74.5 cm³/mol. The van der Waals surface area contributed by atoms with Crippen molar-refractivity contribution in [2.75, 3.05) is 24.2 Å². The zero-order chi connectivity index (χ0) is 14.4. The van der Waals surface area contributed by atoms with E-state index in [9.17, 15) is 5.11 Å². The molecule has 1 aromatic rings. The van der Waals surface area contributed by atoms with E-state index in [4.69, 9.17) is 4.74 Å².